The summed E-state index contributed by atoms with van der Waals surface area (Å²) in [7, 11) is 1.31. The van der Waals surface area contributed by atoms with Crippen molar-refractivity contribution in [3.8, 4) is 17.1 Å². The molecule has 1 N–H and O–H groups in total. The van der Waals surface area contributed by atoms with E-state index in [0.29, 0.717) is 5.82 Å². The quantitative estimate of drug-likeness (QED) is 0.680. The van der Waals surface area contributed by atoms with E-state index in [1.807, 2.05) is 60.7 Å². The van der Waals surface area contributed by atoms with E-state index in [4.69, 9.17) is 0 Å². The van der Waals surface area contributed by atoms with Gasteiger partial charge in [-0.2, -0.15) is 0 Å². The number of para-hydroxylation sites is 1. The summed E-state index contributed by atoms with van der Waals surface area (Å²) < 4.78 is 6.26. The average Bonchev–Trinajstić information content (AvgIpc) is 3.15. The summed E-state index contributed by atoms with van der Waals surface area (Å²) in [5.41, 5.74) is 1.64. The Bertz CT molecular complexity index is 866. The Hall–Kier alpha value is -3.48. The van der Waals surface area contributed by atoms with Crippen molar-refractivity contribution >= 4 is 11.9 Å². The van der Waals surface area contributed by atoms with Crippen LogP contribution in [0.2, 0.25) is 0 Å². The molecule has 1 heterocycles. The number of nitrogens with one attached hydrogen (secondary N) is 1. The van der Waals surface area contributed by atoms with Crippen LogP contribution in [0.15, 0.2) is 60.7 Å². The number of hydrogen-bond acceptors (Lipinski definition) is 5. The first kappa shape index (κ1) is 18.3. The molecule has 1 atom stereocenters. The van der Waals surface area contributed by atoms with Crippen molar-refractivity contribution in [3.05, 3.63) is 66.5 Å². The molecule has 0 radical (unpaired) electrons. The number of esters is 1. The van der Waals surface area contributed by atoms with Crippen LogP contribution < -0.4 is 5.32 Å². The predicted octanol–water partition coefficient (Wildman–Crippen LogP) is 2.62. The van der Waals surface area contributed by atoms with E-state index in [1.54, 1.807) is 11.6 Å². The first-order valence-electron chi connectivity index (χ1n) is 8.54. The summed E-state index contributed by atoms with van der Waals surface area (Å²) in [6.45, 7) is 1.72. The van der Waals surface area contributed by atoms with E-state index in [2.05, 4.69) is 20.1 Å². The van der Waals surface area contributed by atoms with Crippen LogP contribution in [0.3, 0.4) is 0 Å². The summed E-state index contributed by atoms with van der Waals surface area (Å²) in [6.07, 6.45) is 0.0766. The molecule has 0 spiro atoms. The number of rotatable bonds is 6. The van der Waals surface area contributed by atoms with Crippen molar-refractivity contribution < 1.29 is 14.3 Å². The van der Waals surface area contributed by atoms with Crippen LogP contribution in [0, 0.1) is 0 Å². The molecule has 2 aromatic carbocycles. The van der Waals surface area contributed by atoms with Gasteiger partial charge in [0.2, 0.25) is 5.82 Å². The van der Waals surface area contributed by atoms with Crippen LogP contribution >= 0.6 is 0 Å². The normalized spacial score (nSPS) is 11.6. The van der Waals surface area contributed by atoms with Gasteiger partial charge in [0.25, 0.3) is 5.91 Å². The highest BCUT2D eigenvalue weighted by Gasteiger charge is 2.20. The SMILES string of the molecule is COC(=O)CC(C)NC(=O)c1nc(-c2ccccc2)n(-c2ccccc2)n1. The Kier molecular flexibility index (Phi) is 5.61. The molecule has 138 valence electrons. The number of benzene rings is 2. The minimum absolute atomic E-state index is 0.0365. The van der Waals surface area contributed by atoms with E-state index in [0.717, 1.165) is 11.3 Å². The Morgan fingerprint density at radius 3 is 2.33 bits per heavy atom. The molecule has 0 aliphatic heterocycles. The van der Waals surface area contributed by atoms with Crippen molar-refractivity contribution in [2.45, 2.75) is 19.4 Å². The molecule has 7 heteroatoms. The number of carbonyl (C=O) groups excluding carboxylic acids is 2. The van der Waals surface area contributed by atoms with Gasteiger partial charge in [-0.3, -0.25) is 9.59 Å². The molecule has 0 bridgehead atoms. The number of aromatic nitrogens is 3. The fraction of sp³-hybridized carbons (Fsp3) is 0.200. The maximum atomic E-state index is 12.6. The summed E-state index contributed by atoms with van der Waals surface area (Å²) in [4.78, 5) is 28.3. The fourth-order valence-electron chi connectivity index (χ4n) is 2.60. The molecule has 0 aliphatic carbocycles. The third-order valence-corrected chi connectivity index (χ3v) is 3.92. The van der Waals surface area contributed by atoms with Gasteiger partial charge in [0, 0.05) is 11.6 Å². The summed E-state index contributed by atoms with van der Waals surface area (Å²) >= 11 is 0. The van der Waals surface area contributed by atoms with Gasteiger partial charge in [-0.1, -0.05) is 48.5 Å². The van der Waals surface area contributed by atoms with Gasteiger partial charge in [-0.05, 0) is 19.1 Å². The highest BCUT2D eigenvalue weighted by atomic mass is 16.5. The van der Waals surface area contributed by atoms with Crippen LogP contribution in [0.4, 0.5) is 0 Å². The second-order valence-electron chi connectivity index (χ2n) is 6.03. The van der Waals surface area contributed by atoms with Gasteiger partial charge in [0.05, 0.1) is 19.2 Å². The maximum absolute atomic E-state index is 12.6. The highest BCUT2D eigenvalue weighted by Crippen LogP contribution is 2.21. The first-order valence-corrected chi connectivity index (χ1v) is 8.54. The lowest BCUT2D eigenvalue weighted by atomic mass is 10.2. The van der Waals surface area contributed by atoms with Gasteiger partial charge >= 0.3 is 5.97 Å². The topological polar surface area (TPSA) is 86.1 Å². The van der Waals surface area contributed by atoms with E-state index >= 15 is 0 Å². The maximum Gasteiger partial charge on any atom is 0.307 e. The molecular weight excluding hydrogens is 344 g/mol. The monoisotopic (exact) mass is 364 g/mol. The third kappa shape index (κ3) is 4.38. The molecule has 0 fully saturated rings. The second kappa shape index (κ2) is 8.27. The second-order valence-corrected chi connectivity index (χ2v) is 6.03. The number of hydrogen-bond donors (Lipinski definition) is 1. The van der Waals surface area contributed by atoms with Crippen molar-refractivity contribution in [3.63, 3.8) is 0 Å². The van der Waals surface area contributed by atoms with Crippen LogP contribution in [0.1, 0.15) is 24.0 Å². The van der Waals surface area contributed by atoms with Crippen molar-refractivity contribution in [1.82, 2.24) is 20.1 Å². The Labute approximate surface area is 157 Å². The smallest absolute Gasteiger partial charge is 0.307 e. The molecule has 7 nitrogen and oxygen atoms in total. The van der Waals surface area contributed by atoms with E-state index in [-0.39, 0.29) is 12.2 Å². The van der Waals surface area contributed by atoms with E-state index < -0.39 is 17.9 Å². The first-order chi connectivity index (χ1) is 13.1. The zero-order valence-corrected chi connectivity index (χ0v) is 15.1. The number of amides is 1. The van der Waals surface area contributed by atoms with Gasteiger partial charge in [-0.15, -0.1) is 5.10 Å². The predicted molar refractivity (Wildman–Crippen MR) is 100 cm³/mol. The Morgan fingerprint density at radius 2 is 1.70 bits per heavy atom. The molecule has 1 amide bonds. The fourth-order valence-corrected chi connectivity index (χ4v) is 2.60. The van der Waals surface area contributed by atoms with Gasteiger partial charge < -0.3 is 10.1 Å². The number of nitrogens with zero attached hydrogens (tertiary/aromatic N) is 3. The largest absolute Gasteiger partial charge is 0.469 e. The van der Waals surface area contributed by atoms with Gasteiger partial charge in [0.15, 0.2) is 5.82 Å². The lowest BCUT2D eigenvalue weighted by Gasteiger charge is -2.10. The molecule has 3 aromatic rings. The minimum atomic E-state index is -0.446. The molecule has 0 saturated heterocycles. The van der Waals surface area contributed by atoms with Crippen molar-refractivity contribution in [2.24, 2.45) is 0 Å². The van der Waals surface area contributed by atoms with Crippen LogP contribution in [0.5, 0.6) is 0 Å². The summed E-state index contributed by atoms with van der Waals surface area (Å²) in [6, 6.07) is 18.6. The molecule has 3 rings (SSSR count). The molecule has 0 saturated carbocycles. The highest BCUT2D eigenvalue weighted by molar-refractivity contribution is 5.91. The molecule has 27 heavy (non-hydrogen) atoms. The van der Waals surface area contributed by atoms with Crippen LogP contribution in [-0.2, 0) is 9.53 Å². The summed E-state index contributed by atoms with van der Waals surface area (Å²) in [5.74, 6) is -0.240. The van der Waals surface area contributed by atoms with Crippen LogP contribution in [-0.4, -0.2) is 39.8 Å². The summed E-state index contributed by atoms with van der Waals surface area (Å²) in [5, 5.41) is 7.11. The Balaban J connectivity index is 1.92. The molecule has 0 aliphatic rings. The van der Waals surface area contributed by atoms with Crippen molar-refractivity contribution in [1.29, 1.82) is 0 Å². The van der Waals surface area contributed by atoms with E-state index in [9.17, 15) is 9.59 Å². The van der Waals surface area contributed by atoms with E-state index in [1.165, 1.54) is 7.11 Å². The van der Waals surface area contributed by atoms with Crippen molar-refractivity contribution in [2.75, 3.05) is 7.11 Å². The molecular formula is C20H20N4O3. The minimum Gasteiger partial charge on any atom is -0.469 e. The average molecular weight is 364 g/mol. The van der Waals surface area contributed by atoms with Gasteiger partial charge in [-0.25, -0.2) is 9.67 Å². The number of methoxy groups -OCH3 is 1. The number of carbonyl (C=O) groups is 2. The molecule has 1 aromatic heterocycles. The van der Waals surface area contributed by atoms with Gasteiger partial charge in [0.1, 0.15) is 0 Å². The number of ether oxygens (including phenoxy) is 1. The molecule has 1 unspecified atom stereocenters. The Morgan fingerprint density at radius 1 is 1.07 bits per heavy atom. The third-order valence-electron chi connectivity index (χ3n) is 3.92. The van der Waals surface area contributed by atoms with Crippen LogP contribution in [0.25, 0.3) is 17.1 Å². The lowest BCUT2D eigenvalue weighted by molar-refractivity contribution is -0.141. The zero-order chi connectivity index (χ0) is 19.2. The zero-order valence-electron chi connectivity index (χ0n) is 15.1. The lowest BCUT2D eigenvalue weighted by Crippen LogP contribution is -2.35. The standard InChI is InChI=1S/C20H20N4O3/c1-14(13-17(25)27-2)21-20(26)18-22-19(15-9-5-3-6-10-15)24(23-18)16-11-7-4-8-12-16/h3-12,14H,13H2,1-2H3,(H,21,26).